The molecule has 6 N–H and O–H groups in total. The number of aliphatic hydroxyl groups is 2. The summed E-state index contributed by atoms with van der Waals surface area (Å²) < 4.78 is 44.3. The molecule has 0 spiro atoms. The molecule has 0 radical (unpaired) electrons. The van der Waals surface area contributed by atoms with Crippen molar-refractivity contribution in [2.75, 3.05) is 6.61 Å². The van der Waals surface area contributed by atoms with Crippen LogP contribution in [-0.4, -0.2) is 42.2 Å². The van der Waals surface area contributed by atoms with E-state index in [1.165, 1.54) is 0 Å². The highest BCUT2D eigenvalue weighted by atomic mass is 31.3. The van der Waals surface area contributed by atoms with E-state index in [4.69, 9.17) is 14.7 Å². The van der Waals surface area contributed by atoms with Crippen molar-refractivity contribution in [1.29, 1.82) is 0 Å². The number of phosphoric ester groups is 1. The summed E-state index contributed by atoms with van der Waals surface area (Å²) in [6, 6.07) is 0. The lowest BCUT2D eigenvalue weighted by molar-refractivity contribution is -0.192. The molecule has 0 heterocycles. The van der Waals surface area contributed by atoms with Crippen molar-refractivity contribution in [2.45, 2.75) is 25.6 Å². The minimum Gasteiger partial charge on any atom is -0.365 e. The highest BCUT2D eigenvalue weighted by Crippen LogP contribution is 2.66. The Morgan fingerprint density at radius 1 is 1.05 bits per heavy atom. The maximum Gasteiger partial charge on any atom is 0.490 e. The van der Waals surface area contributed by atoms with Crippen LogP contribution in [0.25, 0.3) is 0 Å². The molecular formula is C7H17O12P3. The van der Waals surface area contributed by atoms with Gasteiger partial charge in [-0.25, -0.2) is 13.7 Å². The molecule has 0 saturated heterocycles. The number of hydrogen-bond acceptors (Lipinski definition) is 8. The molecule has 0 aliphatic heterocycles. The largest absolute Gasteiger partial charge is 0.490 e. The zero-order valence-electron chi connectivity index (χ0n) is 11.3. The van der Waals surface area contributed by atoms with Crippen molar-refractivity contribution in [3.63, 3.8) is 0 Å². The van der Waals surface area contributed by atoms with Crippen LogP contribution in [-0.2, 0) is 26.8 Å². The Balaban J connectivity index is 2.63. The predicted octanol–water partition coefficient (Wildman–Crippen LogP) is 0.0567. The van der Waals surface area contributed by atoms with Crippen molar-refractivity contribution in [3.8, 4) is 0 Å². The zero-order valence-corrected chi connectivity index (χ0v) is 13.9. The lowest BCUT2D eigenvalue weighted by Crippen LogP contribution is -2.35. The third kappa shape index (κ3) is 6.84. The molecule has 1 rings (SSSR count). The predicted molar refractivity (Wildman–Crippen MR) is 68.9 cm³/mol. The molecule has 0 bridgehead atoms. The van der Waals surface area contributed by atoms with Gasteiger partial charge in [0, 0.05) is 12.3 Å². The van der Waals surface area contributed by atoms with E-state index in [1.54, 1.807) is 6.92 Å². The average molecular weight is 386 g/mol. The van der Waals surface area contributed by atoms with Gasteiger partial charge in [0.15, 0.2) is 5.79 Å². The van der Waals surface area contributed by atoms with Crippen LogP contribution in [0.4, 0.5) is 0 Å². The Bertz CT molecular complexity index is 539. The van der Waals surface area contributed by atoms with Gasteiger partial charge in [0.2, 0.25) is 0 Å². The molecule has 0 aromatic carbocycles. The Morgan fingerprint density at radius 3 is 2.00 bits per heavy atom. The van der Waals surface area contributed by atoms with Crippen molar-refractivity contribution in [2.24, 2.45) is 11.8 Å². The Kier molecular flexibility index (Phi) is 6.19. The molecule has 1 aliphatic carbocycles. The molecule has 0 aromatic rings. The molecule has 132 valence electrons. The molecule has 1 saturated carbocycles. The van der Waals surface area contributed by atoms with Crippen LogP contribution in [0.5, 0.6) is 0 Å². The minimum absolute atomic E-state index is 0.0113. The fourth-order valence-corrected chi connectivity index (χ4v) is 5.19. The molecule has 1 aliphatic rings. The lowest BCUT2D eigenvalue weighted by atomic mass is 10.0. The molecule has 0 amide bonds. The van der Waals surface area contributed by atoms with E-state index in [2.05, 4.69) is 13.1 Å². The van der Waals surface area contributed by atoms with E-state index in [1.807, 2.05) is 0 Å². The quantitative estimate of drug-likeness (QED) is 0.254. The van der Waals surface area contributed by atoms with Crippen molar-refractivity contribution in [1.82, 2.24) is 0 Å². The second-order valence-corrected chi connectivity index (χ2v) is 9.43. The number of phosphoric acid groups is 3. The Morgan fingerprint density at radius 2 is 1.59 bits per heavy atom. The standard InChI is InChI=1S/C7H17O12P3/c1-5-2-6(7(8,9)3-5)4-17-21(13,14)19-22(15,16)18-20(10,11)12/h5-6,8-9H,2-4H2,1H3,(H,13,14)(H,15,16)(H2,10,11,12)/t5-,6-/m1/s1. The number of hydrogen-bond donors (Lipinski definition) is 6. The first kappa shape index (κ1) is 20.4. The molecule has 15 heteroatoms. The maximum atomic E-state index is 11.4. The third-order valence-electron chi connectivity index (χ3n) is 2.84. The molecule has 22 heavy (non-hydrogen) atoms. The average Bonchev–Trinajstić information content (AvgIpc) is 2.42. The van der Waals surface area contributed by atoms with Crippen LogP contribution in [0, 0.1) is 11.8 Å². The van der Waals surface area contributed by atoms with Crippen LogP contribution in [0.2, 0.25) is 0 Å². The van der Waals surface area contributed by atoms with Crippen LogP contribution in [0.3, 0.4) is 0 Å². The maximum absolute atomic E-state index is 11.4. The van der Waals surface area contributed by atoms with Crippen LogP contribution in [0.15, 0.2) is 0 Å². The van der Waals surface area contributed by atoms with Gasteiger partial charge in [0.25, 0.3) is 0 Å². The van der Waals surface area contributed by atoms with Gasteiger partial charge in [-0.1, -0.05) is 6.92 Å². The summed E-state index contributed by atoms with van der Waals surface area (Å²) >= 11 is 0. The van der Waals surface area contributed by atoms with Gasteiger partial charge < -0.3 is 29.8 Å². The fraction of sp³-hybridized carbons (Fsp3) is 1.00. The molecule has 12 nitrogen and oxygen atoms in total. The van der Waals surface area contributed by atoms with Gasteiger partial charge in [-0.3, -0.25) is 4.52 Å². The zero-order chi connectivity index (χ0) is 17.4. The van der Waals surface area contributed by atoms with E-state index >= 15 is 0 Å². The minimum atomic E-state index is -5.57. The highest BCUT2D eigenvalue weighted by molar-refractivity contribution is 7.66. The SMILES string of the molecule is C[C@@H]1C[C@H](COP(=O)(O)OP(=O)(O)OP(=O)(O)O)C(O)(O)C1. The monoisotopic (exact) mass is 386 g/mol. The van der Waals surface area contributed by atoms with E-state index in [0.717, 1.165) is 0 Å². The van der Waals surface area contributed by atoms with Crippen molar-refractivity contribution >= 4 is 23.5 Å². The summed E-state index contributed by atoms with van der Waals surface area (Å²) in [5.74, 6) is -3.18. The van der Waals surface area contributed by atoms with Gasteiger partial charge in [-0.15, -0.1) is 0 Å². The van der Waals surface area contributed by atoms with Crippen molar-refractivity contribution < 1.29 is 56.6 Å². The highest BCUT2D eigenvalue weighted by Gasteiger charge is 2.46. The number of rotatable bonds is 7. The fourth-order valence-electron chi connectivity index (χ4n) is 2.13. The smallest absolute Gasteiger partial charge is 0.365 e. The Labute approximate surface area is 125 Å². The van der Waals surface area contributed by atoms with Gasteiger partial charge in [0.1, 0.15) is 0 Å². The molecule has 4 atom stereocenters. The third-order valence-corrected chi connectivity index (χ3v) is 6.65. The molecular weight excluding hydrogens is 369 g/mol. The molecule has 2 unspecified atom stereocenters. The summed E-state index contributed by atoms with van der Waals surface area (Å²) in [5, 5.41) is 19.3. The molecule has 0 aromatic heterocycles. The summed E-state index contributed by atoms with van der Waals surface area (Å²) in [7, 11) is -16.2. The van der Waals surface area contributed by atoms with Gasteiger partial charge in [-0.2, -0.15) is 8.62 Å². The summed E-state index contributed by atoms with van der Waals surface area (Å²) in [6.07, 6.45) is 0.264. The van der Waals surface area contributed by atoms with Crippen LogP contribution < -0.4 is 0 Å². The van der Waals surface area contributed by atoms with Crippen LogP contribution >= 0.6 is 23.5 Å². The van der Waals surface area contributed by atoms with E-state index in [-0.39, 0.29) is 18.8 Å². The first-order valence-electron chi connectivity index (χ1n) is 5.85. The van der Waals surface area contributed by atoms with Crippen LogP contribution in [0.1, 0.15) is 19.8 Å². The summed E-state index contributed by atoms with van der Waals surface area (Å²) in [6.45, 7) is 1.02. The van der Waals surface area contributed by atoms with E-state index in [9.17, 15) is 28.8 Å². The van der Waals surface area contributed by atoms with Gasteiger partial charge >= 0.3 is 23.5 Å². The topological polar surface area (TPSA) is 200 Å². The Hall–Kier alpha value is 0.330. The van der Waals surface area contributed by atoms with E-state index < -0.39 is 41.8 Å². The van der Waals surface area contributed by atoms with Gasteiger partial charge in [-0.05, 0) is 12.3 Å². The molecule has 1 fully saturated rings. The first-order chi connectivity index (χ1) is 9.62. The van der Waals surface area contributed by atoms with Crippen molar-refractivity contribution in [3.05, 3.63) is 0 Å². The second-order valence-electron chi connectivity index (χ2n) is 5.01. The first-order valence-corrected chi connectivity index (χ1v) is 10.4. The van der Waals surface area contributed by atoms with Gasteiger partial charge in [0.05, 0.1) is 6.61 Å². The normalized spacial score (nSPS) is 30.7. The lowest BCUT2D eigenvalue weighted by Gasteiger charge is -2.24. The summed E-state index contributed by atoms with van der Waals surface area (Å²) in [5.41, 5.74) is 0. The summed E-state index contributed by atoms with van der Waals surface area (Å²) in [4.78, 5) is 34.9. The van der Waals surface area contributed by atoms with E-state index in [0.29, 0.717) is 0 Å². The second kappa shape index (κ2) is 6.68.